The zero-order valence-electron chi connectivity index (χ0n) is 11.3. The maximum absolute atomic E-state index is 13.2. The number of hydrogen-bond acceptors (Lipinski definition) is 3. The highest BCUT2D eigenvalue weighted by Gasteiger charge is 2.34. The minimum absolute atomic E-state index is 0.0462. The van der Waals surface area contributed by atoms with E-state index in [0.717, 1.165) is 25.6 Å². The first-order chi connectivity index (χ1) is 9.88. The lowest BCUT2D eigenvalue weighted by Gasteiger charge is -2.18. The van der Waals surface area contributed by atoms with E-state index in [0.29, 0.717) is 25.2 Å². The molecule has 0 saturated carbocycles. The van der Waals surface area contributed by atoms with E-state index in [1.165, 1.54) is 0 Å². The maximum atomic E-state index is 13.2. The lowest BCUT2D eigenvalue weighted by atomic mass is 10.1. The van der Waals surface area contributed by atoms with Crippen molar-refractivity contribution in [1.29, 1.82) is 0 Å². The highest BCUT2D eigenvalue weighted by molar-refractivity contribution is 5.97. The smallest absolute Gasteiger partial charge is 0.315 e. The molecule has 0 aliphatic carbocycles. The van der Waals surface area contributed by atoms with E-state index in [2.05, 4.69) is 5.32 Å². The molecule has 1 aromatic carbocycles. The number of carbonyl (C=O) groups is 1. The second kappa shape index (κ2) is 6.53. The van der Waals surface area contributed by atoms with Crippen LogP contribution in [0.5, 0.6) is 0 Å². The van der Waals surface area contributed by atoms with Crippen molar-refractivity contribution in [3.05, 3.63) is 35.1 Å². The number of benzene rings is 1. The van der Waals surface area contributed by atoms with Crippen molar-refractivity contribution in [2.45, 2.75) is 12.6 Å². The first kappa shape index (κ1) is 15.9. The third kappa shape index (κ3) is 4.25. The van der Waals surface area contributed by atoms with Crippen molar-refractivity contribution in [3.8, 4) is 0 Å². The van der Waals surface area contributed by atoms with Crippen LogP contribution in [0.4, 0.5) is 17.6 Å². The minimum atomic E-state index is -4.80. The number of Topliss-reactive ketones (excluding diaryl/α,β-unsaturated/α-hetero) is 1. The molecule has 1 heterocycles. The van der Waals surface area contributed by atoms with Crippen LogP contribution in [-0.2, 0) is 6.18 Å². The molecule has 1 N–H and O–H groups in total. The predicted molar refractivity (Wildman–Crippen MR) is 69.7 cm³/mol. The zero-order chi connectivity index (χ0) is 15.5. The van der Waals surface area contributed by atoms with Crippen LogP contribution in [-0.4, -0.2) is 43.4 Å². The molecule has 0 spiro atoms. The van der Waals surface area contributed by atoms with E-state index >= 15 is 0 Å². The van der Waals surface area contributed by atoms with Gasteiger partial charge in [0.1, 0.15) is 5.82 Å². The number of nitrogens with zero attached hydrogens (tertiary/aromatic N) is 1. The third-order valence-electron chi connectivity index (χ3n) is 3.39. The van der Waals surface area contributed by atoms with Gasteiger partial charge in [0, 0.05) is 18.7 Å². The van der Waals surface area contributed by atoms with Crippen LogP contribution in [0.3, 0.4) is 0 Å². The van der Waals surface area contributed by atoms with Gasteiger partial charge in [0.25, 0.3) is 0 Å². The third-order valence-corrected chi connectivity index (χ3v) is 3.39. The lowest BCUT2D eigenvalue weighted by molar-refractivity contribution is -0.140. The molecule has 3 nitrogen and oxygen atoms in total. The molecule has 0 radical (unpaired) electrons. The molecular weight excluding hydrogens is 288 g/mol. The quantitative estimate of drug-likeness (QED) is 0.687. The monoisotopic (exact) mass is 304 g/mol. The summed E-state index contributed by atoms with van der Waals surface area (Å²) in [5, 5.41) is 3.18. The van der Waals surface area contributed by atoms with E-state index in [1.807, 2.05) is 4.90 Å². The van der Waals surface area contributed by atoms with Crippen LogP contribution in [0.1, 0.15) is 22.3 Å². The Hall–Kier alpha value is -1.47. The van der Waals surface area contributed by atoms with Crippen LogP contribution in [0, 0.1) is 5.82 Å². The average molecular weight is 304 g/mol. The maximum Gasteiger partial charge on any atom is 0.419 e. The minimum Gasteiger partial charge on any atom is -0.315 e. The van der Waals surface area contributed by atoms with Crippen molar-refractivity contribution < 1.29 is 22.4 Å². The van der Waals surface area contributed by atoms with Gasteiger partial charge in [-0.05, 0) is 37.7 Å². The van der Waals surface area contributed by atoms with Gasteiger partial charge >= 0.3 is 6.18 Å². The summed E-state index contributed by atoms with van der Waals surface area (Å²) in [6.07, 6.45) is -3.92. The molecular formula is C14H16F4N2O. The second-order valence-electron chi connectivity index (χ2n) is 5.00. The fourth-order valence-electron chi connectivity index (χ4n) is 2.27. The average Bonchev–Trinajstić information content (AvgIpc) is 2.66. The molecule has 0 aromatic heterocycles. The Morgan fingerprint density at radius 1 is 1.24 bits per heavy atom. The molecule has 7 heteroatoms. The number of halogens is 4. The van der Waals surface area contributed by atoms with Gasteiger partial charge in [0.05, 0.1) is 12.1 Å². The van der Waals surface area contributed by atoms with Crippen molar-refractivity contribution in [2.75, 3.05) is 32.7 Å². The van der Waals surface area contributed by atoms with Gasteiger partial charge < -0.3 is 5.32 Å². The first-order valence-corrected chi connectivity index (χ1v) is 6.71. The Labute approximate surface area is 119 Å². The number of ketones is 1. The van der Waals surface area contributed by atoms with E-state index in [-0.39, 0.29) is 12.1 Å². The first-order valence-electron chi connectivity index (χ1n) is 6.71. The standard InChI is InChI=1S/C14H16F4N2O/c15-12-3-2-10(8-11(12)14(16,17)18)13(21)9-20-6-1-4-19-5-7-20/h2-3,8,19H,1,4-7,9H2. The molecule has 1 saturated heterocycles. The molecule has 21 heavy (non-hydrogen) atoms. The van der Waals surface area contributed by atoms with Crippen LogP contribution >= 0.6 is 0 Å². The van der Waals surface area contributed by atoms with Gasteiger partial charge in [-0.1, -0.05) is 0 Å². The normalized spacial score (nSPS) is 17.5. The summed E-state index contributed by atoms with van der Waals surface area (Å²) in [6, 6.07) is 2.39. The topological polar surface area (TPSA) is 32.3 Å². The van der Waals surface area contributed by atoms with Crippen LogP contribution in [0.25, 0.3) is 0 Å². The molecule has 0 bridgehead atoms. The molecule has 0 amide bonds. The van der Waals surface area contributed by atoms with E-state index in [9.17, 15) is 22.4 Å². The summed E-state index contributed by atoms with van der Waals surface area (Å²) >= 11 is 0. The van der Waals surface area contributed by atoms with Gasteiger partial charge in [-0.2, -0.15) is 13.2 Å². The highest BCUT2D eigenvalue weighted by Crippen LogP contribution is 2.32. The second-order valence-corrected chi connectivity index (χ2v) is 5.00. The van der Waals surface area contributed by atoms with Gasteiger partial charge in [0.2, 0.25) is 0 Å². The Balaban J connectivity index is 2.12. The molecule has 2 rings (SSSR count). The van der Waals surface area contributed by atoms with E-state index < -0.39 is 23.3 Å². The Kier molecular flexibility index (Phi) is 4.95. The SMILES string of the molecule is O=C(CN1CCCNCC1)c1ccc(F)c(C(F)(F)F)c1. The number of nitrogens with one attached hydrogen (secondary N) is 1. The van der Waals surface area contributed by atoms with Gasteiger partial charge in [-0.25, -0.2) is 4.39 Å². The van der Waals surface area contributed by atoms with Crippen LogP contribution in [0.15, 0.2) is 18.2 Å². The van der Waals surface area contributed by atoms with Crippen molar-refractivity contribution in [2.24, 2.45) is 0 Å². The number of carbonyl (C=O) groups excluding carboxylic acids is 1. The summed E-state index contributed by atoms with van der Waals surface area (Å²) in [4.78, 5) is 14.0. The van der Waals surface area contributed by atoms with Gasteiger partial charge in [-0.3, -0.25) is 9.69 Å². The van der Waals surface area contributed by atoms with Gasteiger partial charge in [0.15, 0.2) is 5.78 Å². The van der Waals surface area contributed by atoms with E-state index in [4.69, 9.17) is 0 Å². The molecule has 0 atom stereocenters. The molecule has 1 aliphatic rings. The summed E-state index contributed by atoms with van der Waals surface area (Å²) in [7, 11) is 0. The van der Waals surface area contributed by atoms with Crippen molar-refractivity contribution in [1.82, 2.24) is 10.2 Å². The fraction of sp³-hybridized carbons (Fsp3) is 0.500. The number of rotatable bonds is 3. The Bertz CT molecular complexity index is 508. The molecule has 1 aliphatic heterocycles. The largest absolute Gasteiger partial charge is 0.419 e. The predicted octanol–water partition coefficient (Wildman–Crippen LogP) is 2.32. The molecule has 1 fully saturated rings. The Morgan fingerprint density at radius 3 is 2.71 bits per heavy atom. The summed E-state index contributed by atoms with van der Waals surface area (Å²) in [5.41, 5.74) is -1.51. The highest BCUT2D eigenvalue weighted by atomic mass is 19.4. The number of hydrogen-bond donors (Lipinski definition) is 1. The zero-order valence-corrected chi connectivity index (χ0v) is 11.3. The molecule has 1 aromatic rings. The Morgan fingerprint density at radius 2 is 2.00 bits per heavy atom. The molecule has 116 valence electrons. The van der Waals surface area contributed by atoms with Crippen LogP contribution < -0.4 is 5.32 Å². The van der Waals surface area contributed by atoms with Crippen molar-refractivity contribution in [3.63, 3.8) is 0 Å². The fourth-order valence-corrected chi connectivity index (χ4v) is 2.27. The van der Waals surface area contributed by atoms with E-state index in [1.54, 1.807) is 0 Å². The number of alkyl halides is 3. The lowest BCUT2D eigenvalue weighted by Crippen LogP contribution is -2.33. The van der Waals surface area contributed by atoms with Crippen LogP contribution in [0.2, 0.25) is 0 Å². The summed E-state index contributed by atoms with van der Waals surface area (Å²) in [5.74, 6) is -1.79. The summed E-state index contributed by atoms with van der Waals surface area (Å²) in [6.45, 7) is 3.03. The summed E-state index contributed by atoms with van der Waals surface area (Å²) < 4.78 is 51.1. The van der Waals surface area contributed by atoms with Crippen molar-refractivity contribution >= 4 is 5.78 Å². The molecule has 0 unspecified atom stereocenters. The van der Waals surface area contributed by atoms with Gasteiger partial charge in [-0.15, -0.1) is 0 Å².